The SMILES string of the molecule is CO[C@@H]1CCN(Cc2nccs2)C[C@@H]1Cc1ccccc1. The summed E-state index contributed by atoms with van der Waals surface area (Å²) < 4.78 is 5.72. The van der Waals surface area contributed by atoms with Crippen LogP contribution in [0.1, 0.15) is 17.0 Å². The fourth-order valence-electron chi connectivity index (χ4n) is 3.18. The van der Waals surface area contributed by atoms with E-state index in [4.69, 9.17) is 4.74 Å². The van der Waals surface area contributed by atoms with Gasteiger partial charge in [-0.2, -0.15) is 0 Å². The van der Waals surface area contributed by atoms with Gasteiger partial charge in [-0.15, -0.1) is 11.3 Å². The van der Waals surface area contributed by atoms with Crippen LogP contribution in [0.2, 0.25) is 0 Å². The largest absolute Gasteiger partial charge is 0.381 e. The number of methoxy groups -OCH3 is 1. The van der Waals surface area contributed by atoms with E-state index in [1.165, 1.54) is 10.6 Å². The highest BCUT2D eigenvalue weighted by molar-refractivity contribution is 7.09. The maximum atomic E-state index is 5.72. The maximum Gasteiger partial charge on any atom is 0.107 e. The Morgan fingerprint density at radius 2 is 2.19 bits per heavy atom. The number of nitrogens with zero attached hydrogens (tertiary/aromatic N) is 2. The van der Waals surface area contributed by atoms with E-state index >= 15 is 0 Å². The van der Waals surface area contributed by atoms with Crippen molar-refractivity contribution in [3.05, 3.63) is 52.5 Å². The minimum atomic E-state index is 0.373. The lowest BCUT2D eigenvalue weighted by Crippen LogP contribution is -2.44. The molecule has 0 aliphatic carbocycles. The van der Waals surface area contributed by atoms with Gasteiger partial charge in [-0.05, 0) is 18.4 Å². The molecule has 0 bridgehead atoms. The number of likely N-dealkylation sites (tertiary alicyclic amines) is 1. The van der Waals surface area contributed by atoms with Gasteiger partial charge < -0.3 is 4.74 Å². The van der Waals surface area contributed by atoms with Crippen LogP contribution in [0.4, 0.5) is 0 Å². The van der Waals surface area contributed by atoms with Crippen LogP contribution in [0, 0.1) is 5.92 Å². The number of benzene rings is 1. The van der Waals surface area contributed by atoms with Gasteiger partial charge in [-0.25, -0.2) is 4.98 Å². The van der Waals surface area contributed by atoms with Crippen LogP contribution in [0.25, 0.3) is 0 Å². The van der Waals surface area contributed by atoms with Crippen LogP contribution >= 0.6 is 11.3 Å². The molecule has 2 atom stereocenters. The average molecular weight is 302 g/mol. The second kappa shape index (κ2) is 7.16. The van der Waals surface area contributed by atoms with E-state index in [0.29, 0.717) is 12.0 Å². The molecule has 21 heavy (non-hydrogen) atoms. The predicted octanol–water partition coefficient (Wildman–Crippen LogP) is 3.22. The second-order valence-electron chi connectivity index (χ2n) is 5.67. The maximum absolute atomic E-state index is 5.72. The highest BCUT2D eigenvalue weighted by Gasteiger charge is 2.29. The summed E-state index contributed by atoms with van der Waals surface area (Å²) >= 11 is 1.74. The summed E-state index contributed by atoms with van der Waals surface area (Å²) in [6.07, 6.45) is 4.47. The topological polar surface area (TPSA) is 25.4 Å². The summed E-state index contributed by atoms with van der Waals surface area (Å²) in [5.41, 5.74) is 1.40. The monoisotopic (exact) mass is 302 g/mol. The van der Waals surface area contributed by atoms with Gasteiger partial charge in [0.15, 0.2) is 0 Å². The molecule has 0 amide bonds. The number of hydrogen-bond donors (Lipinski definition) is 0. The third kappa shape index (κ3) is 3.90. The molecule has 1 fully saturated rings. The first kappa shape index (κ1) is 14.7. The van der Waals surface area contributed by atoms with E-state index in [0.717, 1.165) is 32.5 Å². The highest BCUT2D eigenvalue weighted by atomic mass is 32.1. The van der Waals surface area contributed by atoms with Crippen molar-refractivity contribution in [1.82, 2.24) is 9.88 Å². The summed E-state index contributed by atoms with van der Waals surface area (Å²) in [6, 6.07) is 10.7. The van der Waals surface area contributed by atoms with E-state index in [9.17, 15) is 0 Å². The third-order valence-electron chi connectivity index (χ3n) is 4.23. The first-order valence-electron chi connectivity index (χ1n) is 7.52. The fourth-order valence-corrected chi connectivity index (χ4v) is 3.83. The molecule has 112 valence electrons. The van der Waals surface area contributed by atoms with Crippen LogP contribution in [0.15, 0.2) is 41.9 Å². The summed E-state index contributed by atoms with van der Waals surface area (Å²) in [7, 11) is 1.85. The normalized spacial score (nSPS) is 23.3. The van der Waals surface area contributed by atoms with Crippen molar-refractivity contribution in [1.29, 1.82) is 0 Å². The van der Waals surface area contributed by atoms with Crippen molar-refractivity contribution in [2.45, 2.75) is 25.5 Å². The molecule has 3 nitrogen and oxygen atoms in total. The Labute approximate surface area is 130 Å². The lowest BCUT2D eigenvalue weighted by atomic mass is 9.88. The Balaban J connectivity index is 1.64. The standard InChI is InChI=1S/C17H22N2OS/c1-20-16-7-9-19(13-17-18-8-10-21-17)12-15(16)11-14-5-3-2-4-6-14/h2-6,8,10,15-16H,7,9,11-13H2,1H3/t15-,16+/m0/s1. The molecule has 0 N–H and O–H groups in total. The van der Waals surface area contributed by atoms with Gasteiger partial charge in [0.2, 0.25) is 0 Å². The number of thiazole rings is 1. The number of piperidine rings is 1. The van der Waals surface area contributed by atoms with Crippen LogP contribution < -0.4 is 0 Å². The van der Waals surface area contributed by atoms with E-state index in [1.807, 2.05) is 13.3 Å². The zero-order chi connectivity index (χ0) is 14.5. The number of hydrogen-bond acceptors (Lipinski definition) is 4. The molecule has 1 aliphatic rings. The lowest BCUT2D eigenvalue weighted by molar-refractivity contribution is -0.00849. The summed E-state index contributed by atoms with van der Waals surface area (Å²) in [4.78, 5) is 6.92. The zero-order valence-electron chi connectivity index (χ0n) is 12.4. The smallest absolute Gasteiger partial charge is 0.107 e. The zero-order valence-corrected chi connectivity index (χ0v) is 13.3. The van der Waals surface area contributed by atoms with Gasteiger partial charge in [0.25, 0.3) is 0 Å². The first-order chi connectivity index (χ1) is 10.3. The first-order valence-corrected chi connectivity index (χ1v) is 8.40. The van der Waals surface area contributed by atoms with Gasteiger partial charge in [0, 0.05) is 37.7 Å². The summed E-state index contributed by atoms with van der Waals surface area (Å²) in [5.74, 6) is 0.561. The summed E-state index contributed by atoms with van der Waals surface area (Å²) in [5, 5.41) is 3.27. The minimum absolute atomic E-state index is 0.373. The van der Waals surface area contributed by atoms with Crippen LogP contribution in [0.5, 0.6) is 0 Å². The van der Waals surface area contributed by atoms with Gasteiger partial charge in [0.1, 0.15) is 5.01 Å². The Bertz CT molecular complexity index is 529. The quantitative estimate of drug-likeness (QED) is 0.848. The minimum Gasteiger partial charge on any atom is -0.381 e. The molecule has 2 heterocycles. The van der Waals surface area contributed by atoms with Crippen molar-refractivity contribution in [3.8, 4) is 0 Å². The molecule has 0 saturated carbocycles. The molecule has 1 aromatic heterocycles. The Morgan fingerprint density at radius 3 is 2.90 bits per heavy atom. The van der Waals surface area contributed by atoms with Crippen LogP contribution in [-0.2, 0) is 17.7 Å². The molecular weight excluding hydrogens is 280 g/mol. The van der Waals surface area contributed by atoms with E-state index < -0.39 is 0 Å². The number of aromatic nitrogens is 1. The molecule has 0 unspecified atom stereocenters. The second-order valence-corrected chi connectivity index (χ2v) is 6.65. The molecule has 4 heteroatoms. The molecule has 1 saturated heterocycles. The number of ether oxygens (including phenoxy) is 1. The molecule has 2 aromatic rings. The Morgan fingerprint density at radius 1 is 1.33 bits per heavy atom. The Hall–Kier alpha value is -1.23. The van der Waals surface area contributed by atoms with Gasteiger partial charge >= 0.3 is 0 Å². The molecular formula is C17H22N2OS. The van der Waals surface area contributed by atoms with Crippen molar-refractivity contribution in [2.24, 2.45) is 5.92 Å². The van der Waals surface area contributed by atoms with Crippen molar-refractivity contribution in [2.75, 3.05) is 20.2 Å². The van der Waals surface area contributed by atoms with Crippen molar-refractivity contribution < 1.29 is 4.74 Å². The molecule has 0 radical (unpaired) electrons. The van der Waals surface area contributed by atoms with Crippen molar-refractivity contribution >= 4 is 11.3 Å². The van der Waals surface area contributed by atoms with Gasteiger partial charge in [0.05, 0.1) is 12.6 Å². The van der Waals surface area contributed by atoms with E-state index in [1.54, 1.807) is 11.3 Å². The molecule has 0 spiro atoms. The average Bonchev–Trinajstić information content (AvgIpc) is 3.02. The lowest BCUT2D eigenvalue weighted by Gasteiger charge is -2.37. The fraction of sp³-hybridized carbons (Fsp3) is 0.471. The molecule has 1 aromatic carbocycles. The predicted molar refractivity (Wildman–Crippen MR) is 86.4 cm³/mol. The van der Waals surface area contributed by atoms with E-state index in [-0.39, 0.29) is 0 Å². The highest BCUT2D eigenvalue weighted by Crippen LogP contribution is 2.25. The van der Waals surface area contributed by atoms with Crippen molar-refractivity contribution in [3.63, 3.8) is 0 Å². The van der Waals surface area contributed by atoms with Crippen LogP contribution in [-0.4, -0.2) is 36.2 Å². The van der Waals surface area contributed by atoms with Gasteiger partial charge in [-0.3, -0.25) is 4.90 Å². The van der Waals surface area contributed by atoms with Crippen LogP contribution in [0.3, 0.4) is 0 Å². The van der Waals surface area contributed by atoms with Gasteiger partial charge in [-0.1, -0.05) is 30.3 Å². The molecule has 1 aliphatic heterocycles. The molecule has 3 rings (SSSR count). The Kier molecular flexibility index (Phi) is 5.01. The third-order valence-corrected chi connectivity index (χ3v) is 5.00. The number of rotatable bonds is 5. The summed E-state index contributed by atoms with van der Waals surface area (Å²) in [6.45, 7) is 3.16. The van der Waals surface area contributed by atoms with E-state index in [2.05, 4.69) is 45.6 Å².